The highest BCUT2D eigenvalue weighted by Gasteiger charge is 2.26. The van der Waals surface area contributed by atoms with Gasteiger partial charge < -0.3 is 9.88 Å². The van der Waals surface area contributed by atoms with Gasteiger partial charge >= 0.3 is 0 Å². The van der Waals surface area contributed by atoms with Crippen molar-refractivity contribution in [3.63, 3.8) is 0 Å². The number of amides is 1. The van der Waals surface area contributed by atoms with E-state index in [0.717, 1.165) is 41.5 Å². The molecule has 1 aliphatic carbocycles. The summed E-state index contributed by atoms with van der Waals surface area (Å²) in [6, 6.07) is 17.5. The first kappa shape index (κ1) is 19.5. The van der Waals surface area contributed by atoms with Crippen LogP contribution in [0.2, 0.25) is 0 Å². The minimum atomic E-state index is -0.215. The third kappa shape index (κ3) is 3.83. The van der Waals surface area contributed by atoms with Crippen molar-refractivity contribution >= 4 is 16.8 Å². The van der Waals surface area contributed by atoms with Gasteiger partial charge in [-0.1, -0.05) is 24.3 Å². The van der Waals surface area contributed by atoms with E-state index < -0.39 is 0 Å². The zero-order valence-electron chi connectivity index (χ0n) is 17.4. The molecule has 4 aromatic rings. The molecule has 5 heteroatoms. The van der Waals surface area contributed by atoms with E-state index in [4.69, 9.17) is 0 Å². The third-order valence-electron chi connectivity index (χ3n) is 6.10. The van der Waals surface area contributed by atoms with Crippen molar-refractivity contribution in [1.82, 2.24) is 14.9 Å². The predicted molar refractivity (Wildman–Crippen MR) is 120 cm³/mol. The molecule has 1 N–H and O–H groups in total. The van der Waals surface area contributed by atoms with Crippen LogP contribution in [0.4, 0.5) is 4.39 Å². The number of carbonyl (C=O) groups excluding carboxylic acids is 1. The van der Waals surface area contributed by atoms with Gasteiger partial charge in [0, 0.05) is 54.1 Å². The molecule has 2 aromatic heterocycles. The molecule has 31 heavy (non-hydrogen) atoms. The maximum absolute atomic E-state index is 13.8. The molecule has 0 bridgehead atoms. The molecule has 2 aromatic carbocycles. The second-order valence-electron chi connectivity index (χ2n) is 8.26. The van der Waals surface area contributed by atoms with Gasteiger partial charge in [-0.25, -0.2) is 4.39 Å². The largest absolute Gasteiger partial charge is 0.353 e. The second-order valence-corrected chi connectivity index (χ2v) is 8.26. The molecular weight excluding hydrogens is 389 g/mol. The number of hydrogen-bond acceptors (Lipinski definition) is 2. The van der Waals surface area contributed by atoms with Gasteiger partial charge in [0.1, 0.15) is 5.82 Å². The Labute approximate surface area is 180 Å². The van der Waals surface area contributed by atoms with E-state index in [-0.39, 0.29) is 17.8 Å². The molecule has 0 unspecified atom stereocenters. The number of fused-ring (bicyclic) bond motifs is 3. The SMILES string of the molecule is CC(=O)N[C@@H]1CCc2c(c3cc(-c4cccnc4)ccc3n2Cc2cccc(F)c2)C1. The summed E-state index contributed by atoms with van der Waals surface area (Å²) < 4.78 is 16.1. The Morgan fingerprint density at radius 2 is 2.06 bits per heavy atom. The molecule has 1 atom stereocenters. The van der Waals surface area contributed by atoms with Gasteiger partial charge in [0.15, 0.2) is 0 Å². The molecule has 0 radical (unpaired) electrons. The Morgan fingerprint density at radius 3 is 2.84 bits per heavy atom. The molecule has 2 heterocycles. The number of carbonyl (C=O) groups is 1. The van der Waals surface area contributed by atoms with Crippen molar-refractivity contribution in [2.75, 3.05) is 0 Å². The summed E-state index contributed by atoms with van der Waals surface area (Å²) in [5, 5.41) is 4.29. The van der Waals surface area contributed by atoms with E-state index in [1.807, 2.05) is 18.3 Å². The number of nitrogens with zero attached hydrogens (tertiary/aromatic N) is 2. The number of rotatable bonds is 4. The van der Waals surface area contributed by atoms with E-state index in [1.54, 1.807) is 25.3 Å². The summed E-state index contributed by atoms with van der Waals surface area (Å²) in [6.45, 7) is 2.20. The first-order chi connectivity index (χ1) is 15.1. The number of halogens is 1. The highest BCUT2D eigenvalue weighted by Crippen LogP contribution is 2.35. The average molecular weight is 413 g/mol. The van der Waals surface area contributed by atoms with Crippen LogP contribution in [0.25, 0.3) is 22.0 Å². The molecule has 0 saturated carbocycles. The standard InChI is InChI=1S/C26H24FN3O/c1-17(31)29-22-8-10-26-24(14-22)23-13-19(20-5-3-11-28-15-20)7-9-25(23)30(26)16-18-4-2-6-21(27)12-18/h2-7,9,11-13,15,22H,8,10,14,16H2,1H3,(H,29,31)/t22-/m1/s1. The van der Waals surface area contributed by atoms with Crippen molar-refractivity contribution in [3.05, 3.63) is 89.6 Å². The van der Waals surface area contributed by atoms with E-state index in [9.17, 15) is 9.18 Å². The number of aromatic nitrogens is 2. The summed E-state index contributed by atoms with van der Waals surface area (Å²) in [4.78, 5) is 15.9. The van der Waals surface area contributed by atoms with E-state index in [0.29, 0.717) is 6.54 Å². The fraction of sp³-hybridized carbons (Fsp3) is 0.231. The molecular formula is C26H24FN3O. The lowest BCUT2D eigenvalue weighted by atomic mass is 9.90. The van der Waals surface area contributed by atoms with Gasteiger partial charge in [0.25, 0.3) is 0 Å². The molecule has 0 fully saturated rings. The van der Waals surface area contributed by atoms with Gasteiger partial charge in [0.05, 0.1) is 0 Å². The van der Waals surface area contributed by atoms with Crippen LogP contribution >= 0.6 is 0 Å². The summed E-state index contributed by atoms with van der Waals surface area (Å²) in [7, 11) is 0. The Bertz CT molecular complexity index is 1260. The smallest absolute Gasteiger partial charge is 0.217 e. The topological polar surface area (TPSA) is 46.9 Å². The molecule has 156 valence electrons. The summed E-state index contributed by atoms with van der Waals surface area (Å²) >= 11 is 0. The molecule has 4 nitrogen and oxygen atoms in total. The second kappa shape index (κ2) is 7.99. The van der Waals surface area contributed by atoms with Gasteiger partial charge in [-0.15, -0.1) is 0 Å². The lowest BCUT2D eigenvalue weighted by molar-refractivity contribution is -0.119. The van der Waals surface area contributed by atoms with Crippen LogP contribution in [0.15, 0.2) is 67.0 Å². The Balaban J connectivity index is 1.64. The van der Waals surface area contributed by atoms with E-state index in [2.05, 4.69) is 39.1 Å². The molecule has 0 saturated heterocycles. The van der Waals surface area contributed by atoms with Gasteiger partial charge in [-0.3, -0.25) is 9.78 Å². The highest BCUT2D eigenvalue weighted by molar-refractivity contribution is 5.90. The van der Waals surface area contributed by atoms with Crippen LogP contribution < -0.4 is 5.32 Å². The van der Waals surface area contributed by atoms with Crippen molar-refractivity contribution in [3.8, 4) is 11.1 Å². The van der Waals surface area contributed by atoms with Crippen molar-refractivity contribution in [2.24, 2.45) is 0 Å². The van der Waals surface area contributed by atoms with Crippen LogP contribution in [-0.2, 0) is 24.2 Å². The average Bonchev–Trinajstić information content (AvgIpc) is 3.06. The maximum Gasteiger partial charge on any atom is 0.217 e. The zero-order valence-corrected chi connectivity index (χ0v) is 17.4. The van der Waals surface area contributed by atoms with Crippen molar-refractivity contribution < 1.29 is 9.18 Å². The Kier molecular flexibility index (Phi) is 5.02. The number of pyridine rings is 1. The van der Waals surface area contributed by atoms with Crippen LogP contribution in [0.5, 0.6) is 0 Å². The van der Waals surface area contributed by atoms with Gasteiger partial charge in [0.2, 0.25) is 5.91 Å². The number of nitrogens with one attached hydrogen (secondary N) is 1. The lowest BCUT2D eigenvalue weighted by Crippen LogP contribution is -2.37. The van der Waals surface area contributed by atoms with Gasteiger partial charge in [-0.05, 0) is 66.3 Å². The van der Waals surface area contributed by atoms with Crippen molar-refractivity contribution in [2.45, 2.75) is 38.8 Å². The molecule has 0 aliphatic heterocycles. The minimum absolute atomic E-state index is 0.00741. The monoisotopic (exact) mass is 413 g/mol. The summed E-state index contributed by atoms with van der Waals surface area (Å²) in [5.41, 5.74) is 6.84. The zero-order chi connectivity index (χ0) is 21.4. The first-order valence-corrected chi connectivity index (χ1v) is 10.6. The highest BCUT2D eigenvalue weighted by atomic mass is 19.1. The quantitative estimate of drug-likeness (QED) is 0.518. The Morgan fingerprint density at radius 1 is 1.16 bits per heavy atom. The van der Waals surface area contributed by atoms with Gasteiger partial charge in [-0.2, -0.15) is 0 Å². The van der Waals surface area contributed by atoms with Crippen LogP contribution in [0.1, 0.15) is 30.2 Å². The fourth-order valence-electron chi connectivity index (χ4n) is 4.77. The summed E-state index contributed by atoms with van der Waals surface area (Å²) in [5.74, 6) is -0.208. The van der Waals surface area contributed by atoms with E-state index >= 15 is 0 Å². The molecule has 1 amide bonds. The van der Waals surface area contributed by atoms with Crippen LogP contribution in [-0.4, -0.2) is 21.5 Å². The lowest BCUT2D eigenvalue weighted by Gasteiger charge is -2.24. The molecule has 0 spiro atoms. The predicted octanol–water partition coefficient (Wildman–Crippen LogP) is 4.88. The molecule has 5 rings (SSSR count). The van der Waals surface area contributed by atoms with E-state index in [1.165, 1.54) is 22.7 Å². The number of benzene rings is 2. The Hall–Kier alpha value is -3.47. The minimum Gasteiger partial charge on any atom is -0.353 e. The first-order valence-electron chi connectivity index (χ1n) is 10.6. The maximum atomic E-state index is 13.8. The normalized spacial score (nSPS) is 15.6. The summed E-state index contributed by atoms with van der Waals surface area (Å²) in [6.07, 6.45) is 6.24. The molecule has 1 aliphatic rings. The van der Waals surface area contributed by atoms with Crippen molar-refractivity contribution in [1.29, 1.82) is 0 Å². The fourth-order valence-corrected chi connectivity index (χ4v) is 4.77. The van der Waals surface area contributed by atoms with Crippen LogP contribution in [0, 0.1) is 5.82 Å². The third-order valence-corrected chi connectivity index (χ3v) is 6.10. The number of hydrogen-bond donors (Lipinski definition) is 1. The van der Waals surface area contributed by atoms with Crippen LogP contribution in [0.3, 0.4) is 0 Å².